The number of esters is 1. The number of unbranched alkanes of at least 4 members (excludes halogenated alkanes) is 1. The lowest BCUT2D eigenvalue weighted by molar-refractivity contribution is -0.150. The fraction of sp³-hybridized carbons (Fsp3) is 0.917. The molecule has 0 aromatic rings. The van der Waals surface area contributed by atoms with E-state index in [0.717, 1.165) is 31.0 Å². The third-order valence-electron chi connectivity index (χ3n) is 2.82. The van der Waals surface area contributed by atoms with Crippen LogP contribution in [0.25, 0.3) is 0 Å². The summed E-state index contributed by atoms with van der Waals surface area (Å²) in [7, 11) is 0. The average Bonchev–Trinajstić information content (AvgIpc) is 2.23. The molecule has 2 nitrogen and oxygen atoms in total. The molecule has 0 aliphatic rings. The van der Waals surface area contributed by atoms with Crippen LogP contribution in [-0.2, 0) is 9.53 Å². The van der Waals surface area contributed by atoms with E-state index in [-0.39, 0.29) is 11.9 Å². The van der Waals surface area contributed by atoms with Crippen LogP contribution < -0.4 is 0 Å². The first-order chi connectivity index (χ1) is 7.17. The molecule has 0 heterocycles. The van der Waals surface area contributed by atoms with Crippen molar-refractivity contribution >= 4 is 21.9 Å². The summed E-state index contributed by atoms with van der Waals surface area (Å²) in [5, 5.41) is 1.02. The Morgan fingerprint density at radius 1 is 1.33 bits per heavy atom. The van der Waals surface area contributed by atoms with Crippen molar-refractivity contribution in [3.8, 4) is 0 Å². The van der Waals surface area contributed by atoms with Crippen molar-refractivity contribution in [3.63, 3.8) is 0 Å². The van der Waals surface area contributed by atoms with Crippen molar-refractivity contribution in [1.82, 2.24) is 0 Å². The Bertz CT molecular complexity index is 171. The number of hydrogen-bond donors (Lipinski definition) is 0. The van der Waals surface area contributed by atoms with Gasteiger partial charge in [-0.25, -0.2) is 0 Å². The van der Waals surface area contributed by atoms with Gasteiger partial charge in [-0.15, -0.1) is 0 Å². The van der Waals surface area contributed by atoms with Gasteiger partial charge in [0.15, 0.2) is 0 Å². The van der Waals surface area contributed by atoms with Gasteiger partial charge in [0.2, 0.25) is 0 Å². The SMILES string of the molecule is CCOC(=O)C(CCCCBr)C(C)CC. The molecule has 90 valence electrons. The zero-order chi connectivity index (χ0) is 11.7. The Morgan fingerprint density at radius 2 is 2.00 bits per heavy atom. The van der Waals surface area contributed by atoms with E-state index in [1.165, 1.54) is 0 Å². The van der Waals surface area contributed by atoms with Crippen LogP contribution >= 0.6 is 15.9 Å². The standard InChI is InChI=1S/C12H23BrO2/c1-4-10(3)11(8-6-7-9-13)12(14)15-5-2/h10-11H,4-9H2,1-3H3. The molecule has 0 fully saturated rings. The fourth-order valence-corrected chi connectivity index (χ4v) is 2.02. The van der Waals surface area contributed by atoms with E-state index >= 15 is 0 Å². The van der Waals surface area contributed by atoms with Crippen LogP contribution in [0.1, 0.15) is 46.5 Å². The maximum atomic E-state index is 11.7. The fourth-order valence-electron chi connectivity index (χ4n) is 1.63. The number of rotatable bonds is 8. The van der Waals surface area contributed by atoms with E-state index in [4.69, 9.17) is 4.74 Å². The van der Waals surface area contributed by atoms with Crippen LogP contribution in [0.2, 0.25) is 0 Å². The Hall–Kier alpha value is -0.0500. The summed E-state index contributed by atoms with van der Waals surface area (Å²) in [6, 6.07) is 0. The van der Waals surface area contributed by atoms with E-state index in [1.807, 2.05) is 6.92 Å². The molecule has 0 spiro atoms. The third-order valence-corrected chi connectivity index (χ3v) is 3.38. The zero-order valence-electron chi connectivity index (χ0n) is 10.1. The van der Waals surface area contributed by atoms with E-state index in [0.29, 0.717) is 12.5 Å². The Balaban J connectivity index is 4.11. The summed E-state index contributed by atoms with van der Waals surface area (Å²) < 4.78 is 5.11. The number of alkyl halides is 1. The molecule has 0 saturated heterocycles. The predicted molar refractivity (Wildman–Crippen MR) is 67.2 cm³/mol. The maximum Gasteiger partial charge on any atom is 0.309 e. The van der Waals surface area contributed by atoms with Gasteiger partial charge in [-0.3, -0.25) is 4.79 Å². The van der Waals surface area contributed by atoms with Crippen LogP contribution in [0.5, 0.6) is 0 Å². The molecule has 0 aliphatic heterocycles. The smallest absolute Gasteiger partial charge is 0.309 e. The van der Waals surface area contributed by atoms with Crippen LogP contribution in [0.3, 0.4) is 0 Å². The number of carbonyl (C=O) groups excluding carboxylic acids is 1. The molecule has 0 saturated carbocycles. The second-order valence-electron chi connectivity index (χ2n) is 3.93. The van der Waals surface area contributed by atoms with Crippen LogP contribution in [-0.4, -0.2) is 17.9 Å². The minimum atomic E-state index is -0.0126. The molecule has 0 rings (SSSR count). The molecular formula is C12H23BrO2. The minimum Gasteiger partial charge on any atom is -0.466 e. The normalized spacial score (nSPS) is 14.7. The van der Waals surface area contributed by atoms with Gasteiger partial charge in [0.1, 0.15) is 0 Å². The van der Waals surface area contributed by atoms with Gasteiger partial charge >= 0.3 is 5.97 Å². The highest BCUT2D eigenvalue weighted by molar-refractivity contribution is 9.09. The highest BCUT2D eigenvalue weighted by atomic mass is 79.9. The average molecular weight is 279 g/mol. The largest absolute Gasteiger partial charge is 0.466 e. The minimum absolute atomic E-state index is 0.0126. The number of halogens is 1. The molecule has 0 N–H and O–H groups in total. The van der Waals surface area contributed by atoms with Crippen LogP contribution in [0, 0.1) is 11.8 Å². The highest BCUT2D eigenvalue weighted by Crippen LogP contribution is 2.23. The lowest BCUT2D eigenvalue weighted by Crippen LogP contribution is -2.24. The Labute approximate surface area is 102 Å². The monoisotopic (exact) mass is 278 g/mol. The van der Waals surface area contributed by atoms with E-state index in [9.17, 15) is 4.79 Å². The van der Waals surface area contributed by atoms with Gasteiger partial charge in [-0.1, -0.05) is 42.6 Å². The molecule has 0 radical (unpaired) electrons. The first kappa shape index (κ1) is 14.9. The molecule has 2 unspecified atom stereocenters. The third kappa shape index (κ3) is 6.18. The second kappa shape index (κ2) is 9.20. The maximum absolute atomic E-state index is 11.7. The summed E-state index contributed by atoms with van der Waals surface area (Å²) in [6.07, 6.45) is 4.22. The van der Waals surface area contributed by atoms with Crippen molar-refractivity contribution in [2.45, 2.75) is 46.5 Å². The molecule has 3 heteroatoms. The lowest BCUT2D eigenvalue weighted by atomic mass is 9.87. The molecule has 0 amide bonds. The zero-order valence-corrected chi connectivity index (χ0v) is 11.7. The Morgan fingerprint density at radius 3 is 2.47 bits per heavy atom. The number of carbonyl (C=O) groups is 1. The topological polar surface area (TPSA) is 26.3 Å². The molecule has 0 aromatic heterocycles. The highest BCUT2D eigenvalue weighted by Gasteiger charge is 2.24. The van der Waals surface area contributed by atoms with Gasteiger partial charge in [0.05, 0.1) is 12.5 Å². The quantitative estimate of drug-likeness (QED) is 0.384. The molecular weight excluding hydrogens is 256 g/mol. The first-order valence-electron chi connectivity index (χ1n) is 5.89. The van der Waals surface area contributed by atoms with Crippen molar-refractivity contribution in [3.05, 3.63) is 0 Å². The summed E-state index contributed by atoms with van der Waals surface area (Å²) in [5.74, 6) is 0.509. The molecule has 15 heavy (non-hydrogen) atoms. The van der Waals surface area contributed by atoms with E-state index in [2.05, 4.69) is 29.8 Å². The van der Waals surface area contributed by atoms with Gasteiger partial charge in [0.25, 0.3) is 0 Å². The van der Waals surface area contributed by atoms with E-state index in [1.54, 1.807) is 0 Å². The van der Waals surface area contributed by atoms with E-state index < -0.39 is 0 Å². The van der Waals surface area contributed by atoms with Crippen molar-refractivity contribution in [1.29, 1.82) is 0 Å². The molecule has 0 aliphatic carbocycles. The van der Waals surface area contributed by atoms with Gasteiger partial charge in [-0.2, -0.15) is 0 Å². The van der Waals surface area contributed by atoms with Crippen molar-refractivity contribution in [2.75, 3.05) is 11.9 Å². The number of hydrogen-bond acceptors (Lipinski definition) is 2. The molecule has 2 atom stereocenters. The number of ether oxygens (including phenoxy) is 1. The van der Waals surface area contributed by atoms with Crippen molar-refractivity contribution < 1.29 is 9.53 Å². The second-order valence-corrected chi connectivity index (χ2v) is 4.72. The van der Waals surface area contributed by atoms with Crippen LogP contribution in [0.15, 0.2) is 0 Å². The van der Waals surface area contributed by atoms with Gasteiger partial charge in [0, 0.05) is 5.33 Å². The molecule has 0 bridgehead atoms. The van der Waals surface area contributed by atoms with Crippen LogP contribution in [0.4, 0.5) is 0 Å². The lowest BCUT2D eigenvalue weighted by Gasteiger charge is -2.20. The predicted octanol–water partition coefficient (Wildman–Crippen LogP) is 3.78. The summed E-state index contributed by atoms with van der Waals surface area (Å²) in [6.45, 7) is 6.62. The Kier molecular flexibility index (Phi) is 9.17. The molecule has 0 aromatic carbocycles. The van der Waals surface area contributed by atoms with Gasteiger partial charge < -0.3 is 4.74 Å². The summed E-state index contributed by atoms with van der Waals surface area (Å²) in [4.78, 5) is 11.7. The first-order valence-corrected chi connectivity index (χ1v) is 7.02. The summed E-state index contributed by atoms with van der Waals surface area (Å²) >= 11 is 3.41. The van der Waals surface area contributed by atoms with Crippen molar-refractivity contribution in [2.24, 2.45) is 11.8 Å². The van der Waals surface area contributed by atoms with Gasteiger partial charge in [-0.05, 0) is 25.7 Å². The summed E-state index contributed by atoms with van der Waals surface area (Å²) in [5.41, 5.74) is 0.